The molecule has 0 fully saturated rings. The Kier molecular flexibility index (Phi) is 4.20. The van der Waals surface area contributed by atoms with Gasteiger partial charge in [-0.15, -0.1) is 0 Å². The van der Waals surface area contributed by atoms with Crippen LogP contribution in [-0.2, 0) is 0 Å². The second-order valence-electron chi connectivity index (χ2n) is 8.56. The summed E-state index contributed by atoms with van der Waals surface area (Å²) in [6.07, 6.45) is 1.17. The van der Waals surface area contributed by atoms with Crippen LogP contribution >= 0.6 is 0 Å². The minimum Gasteiger partial charge on any atom is -0.352 e. The number of hydrogen-bond donors (Lipinski definition) is 0. The molecule has 0 N–H and O–H groups in total. The van der Waals surface area contributed by atoms with E-state index in [4.69, 9.17) is 5.10 Å². The van der Waals surface area contributed by atoms with Gasteiger partial charge >= 0.3 is 0 Å². The minimum absolute atomic E-state index is 0.107. The number of benzene rings is 3. The fourth-order valence-corrected chi connectivity index (χ4v) is 5.33. The lowest BCUT2D eigenvalue weighted by Crippen LogP contribution is -2.52. The van der Waals surface area contributed by atoms with Crippen LogP contribution in [0, 0.1) is 5.41 Å². The fourth-order valence-electron chi connectivity index (χ4n) is 5.33. The molecule has 5 rings (SSSR count). The Hall–Kier alpha value is -3.07. The highest BCUT2D eigenvalue weighted by Gasteiger charge is 2.53. The van der Waals surface area contributed by atoms with Crippen LogP contribution in [0.5, 0.6) is 0 Å². The topological polar surface area (TPSA) is 18.8 Å². The Morgan fingerprint density at radius 1 is 0.862 bits per heavy atom. The molecule has 0 saturated carbocycles. The van der Waals surface area contributed by atoms with Crippen molar-refractivity contribution in [3.8, 4) is 0 Å². The number of hydrogen-bond acceptors (Lipinski definition) is 3. The average molecular weight is 382 g/mol. The van der Waals surface area contributed by atoms with Gasteiger partial charge in [-0.2, -0.15) is 5.10 Å². The number of fused-ring (bicyclic) bond motifs is 2. The van der Waals surface area contributed by atoms with E-state index < -0.39 is 0 Å². The Morgan fingerprint density at radius 3 is 2.21 bits per heavy atom. The molecule has 0 bridgehead atoms. The highest BCUT2D eigenvalue weighted by molar-refractivity contribution is 6.08. The van der Waals surface area contributed by atoms with E-state index in [0.717, 1.165) is 12.1 Å². The maximum absolute atomic E-state index is 5.25. The predicted octanol–water partition coefficient (Wildman–Crippen LogP) is 5.89. The van der Waals surface area contributed by atoms with E-state index in [1.54, 1.807) is 0 Å². The Labute approximate surface area is 173 Å². The number of nitrogens with zero attached hydrogens (tertiary/aromatic N) is 3. The zero-order chi connectivity index (χ0) is 20.0. The van der Waals surface area contributed by atoms with Gasteiger partial charge in [0.25, 0.3) is 0 Å². The Balaban J connectivity index is 1.72. The summed E-state index contributed by atoms with van der Waals surface area (Å²) in [5.74, 6) is 0.452. The van der Waals surface area contributed by atoms with Gasteiger partial charge in [-0.1, -0.05) is 80.6 Å². The van der Waals surface area contributed by atoms with Gasteiger partial charge in [0.2, 0.25) is 0 Å². The monoisotopic (exact) mass is 381 g/mol. The maximum Gasteiger partial charge on any atom is 0.134 e. The SMILES string of the molecule is C[C@H]1C[C@]2(C)C(c3ccccc3)=NN(c3ccccc3)[C@@H]2N(C)c2ccccc21. The lowest BCUT2D eigenvalue weighted by Gasteiger charge is -2.41. The van der Waals surface area contributed by atoms with Crippen LogP contribution in [-0.4, -0.2) is 18.9 Å². The van der Waals surface area contributed by atoms with Gasteiger partial charge in [0.15, 0.2) is 0 Å². The molecule has 3 aromatic carbocycles. The van der Waals surface area contributed by atoms with E-state index in [2.05, 4.69) is 116 Å². The molecule has 29 heavy (non-hydrogen) atoms. The van der Waals surface area contributed by atoms with Crippen LogP contribution in [0.15, 0.2) is 90.0 Å². The zero-order valence-corrected chi connectivity index (χ0v) is 17.3. The first-order valence-electron chi connectivity index (χ1n) is 10.4. The molecule has 0 radical (unpaired) electrons. The van der Waals surface area contributed by atoms with Gasteiger partial charge in [0.1, 0.15) is 6.17 Å². The summed E-state index contributed by atoms with van der Waals surface area (Å²) in [6, 6.07) is 30.1. The third-order valence-electron chi connectivity index (χ3n) is 6.56. The molecule has 0 aromatic heterocycles. The largest absolute Gasteiger partial charge is 0.352 e. The van der Waals surface area contributed by atoms with Gasteiger partial charge in [0, 0.05) is 12.7 Å². The molecule has 0 unspecified atom stereocenters. The second-order valence-corrected chi connectivity index (χ2v) is 8.56. The third kappa shape index (κ3) is 2.76. The van der Waals surface area contributed by atoms with Crippen molar-refractivity contribution >= 4 is 17.1 Å². The molecular formula is C26H27N3. The summed E-state index contributed by atoms with van der Waals surface area (Å²) in [6.45, 7) is 4.75. The second kappa shape index (κ2) is 6.77. The summed E-state index contributed by atoms with van der Waals surface area (Å²) >= 11 is 0. The Bertz CT molecular complexity index is 1040. The van der Waals surface area contributed by atoms with Gasteiger partial charge in [-0.05, 0) is 41.7 Å². The van der Waals surface area contributed by atoms with Crippen LogP contribution in [0.4, 0.5) is 11.4 Å². The molecule has 0 amide bonds. The molecule has 3 heteroatoms. The number of rotatable bonds is 2. The summed E-state index contributed by atoms with van der Waals surface area (Å²) < 4.78 is 0. The molecule has 3 nitrogen and oxygen atoms in total. The highest BCUT2D eigenvalue weighted by Crippen LogP contribution is 2.51. The van der Waals surface area contributed by atoms with Gasteiger partial charge in [-0.25, -0.2) is 5.01 Å². The highest BCUT2D eigenvalue weighted by atomic mass is 15.6. The molecule has 3 atom stereocenters. The van der Waals surface area contributed by atoms with E-state index in [9.17, 15) is 0 Å². The molecule has 146 valence electrons. The third-order valence-corrected chi connectivity index (χ3v) is 6.56. The molecule has 2 heterocycles. The number of anilines is 2. The van der Waals surface area contributed by atoms with Crippen LogP contribution in [0.25, 0.3) is 0 Å². The maximum atomic E-state index is 5.25. The van der Waals surface area contributed by atoms with Crippen molar-refractivity contribution in [1.82, 2.24) is 0 Å². The lowest BCUT2D eigenvalue weighted by molar-refractivity contribution is 0.337. The van der Waals surface area contributed by atoms with Gasteiger partial charge < -0.3 is 4.90 Å². The van der Waals surface area contributed by atoms with E-state index in [1.807, 2.05) is 0 Å². The minimum atomic E-state index is -0.107. The Morgan fingerprint density at radius 2 is 1.48 bits per heavy atom. The van der Waals surface area contributed by atoms with E-state index in [-0.39, 0.29) is 11.6 Å². The van der Waals surface area contributed by atoms with Crippen molar-refractivity contribution in [1.29, 1.82) is 0 Å². The summed E-state index contributed by atoms with van der Waals surface area (Å²) in [5.41, 5.74) is 6.15. The van der Waals surface area contributed by atoms with Crippen molar-refractivity contribution in [2.24, 2.45) is 10.5 Å². The molecule has 0 saturated heterocycles. The van der Waals surface area contributed by atoms with Crippen molar-refractivity contribution in [3.63, 3.8) is 0 Å². The van der Waals surface area contributed by atoms with Crippen molar-refractivity contribution in [3.05, 3.63) is 96.1 Å². The summed E-state index contributed by atoms with van der Waals surface area (Å²) in [7, 11) is 2.22. The van der Waals surface area contributed by atoms with Crippen LogP contribution in [0.1, 0.15) is 37.3 Å². The average Bonchev–Trinajstić information content (AvgIpc) is 3.03. The number of para-hydroxylation sites is 2. The molecule has 3 aromatic rings. The molecular weight excluding hydrogens is 354 g/mol. The van der Waals surface area contributed by atoms with Crippen molar-refractivity contribution in [2.75, 3.05) is 17.0 Å². The van der Waals surface area contributed by atoms with E-state index in [0.29, 0.717) is 5.92 Å². The van der Waals surface area contributed by atoms with Crippen molar-refractivity contribution in [2.45, 2.75) is 32.4 Å². The first-order chi connectivity index (χ1) is 14.1. The lowest BCUT2D eigenvalue weighted by atomic mass is 9.73. The predicted molar refractivity (Wildman–Crippen MR) is 122 cm³/mol. The van der Waals surface area contributed by atoms with Crippen LogP contribution in [0.2, 0.25) is 0 Å². The summed E-state index contributed by atoms with van der Waals surface area (Å²) in [4.78, 5) is 2.44. The number of hydrazone groups is 1. The molecule has 0 aliphatic carbocycles. The molecule has 2 aliphatic heterocycles. The first-order valence-corrected chi connectivity index (χ1v) is 10.4. The van der Waals surface area contributed by atoms with Crippen LogP contribution < -0.4 is 9.91 Å². The first kappa shape index (κ1) is 18.0. The fraction of sp³-hybridized carbons (Fsp3) is 0.269. The van der Waals surface area contributed by atoms with Crippen molar-refractivity contribution < 1.29 is 0 Å². The normalized spacial score (nSPS) is 25.8. The quantitative estimate of drug-likeness (QED) is 0.551. The zero-order valence-electron chi connectivity index (χ0n) is 17.3. The van der Waals surface area contributed by atoms with Crippen LogP contribution in [0.3, 0.4) is 0 Å². The summed E-state index contributed by atoms with van der Waals surface area (Å²) in [5, 5.41) is 7.49. The van der Waals surface area contributed by atoms with E-state index in [1.165, 1.54) is 22.5 Å². The van der Waals surface area contributed by atoms with Gasteiger partial charge in [0.05, 0.1) is 16.8 Å². The smallest absolute Gasteiger partial charge is 0.134 e. The van der Waals surface area contributed by atoms with E-state index >= 15 is 0 Å². The van der Waals surface area contributed by atoms with Gasteiger partial charge in [-0.3, -0.25) is 0 Å². The molecule has 2 aliphatic rings. The standard InChI is InChI=1S/C26H27N3/c1-19-18-26(2)24(20-12-6-4-7-13-20)27-29(21-14-8-5-9-15-21)25(26)28(3)23-17-11-10-16-22(19)23/h4-17,19,25H,18H2,1-3H3/t19-,25-,26+/m0/s1. The molecule has 0 spiro atoms.